The highest BCUT2D eigenvalue weighted by molar-refractivity contribution is 5.97. The Kier molecular flexibility index (Phi) is 7.02. The van der Waals surface area contributed by atoms with Gasteiger partial charge in [0.25, 0.3) is 5.91 Å². The number of para-hydroxylation sites is 1. The fraction of sp³-hybridized carbons (Fsp3) is 0.300. The van der Waals surface area contributed by atoms with Gasteiger partial charge in [-0.25, -0.2) is 4.79 Å². The van der Waals surface area contributed by atoms with Gasteiger partial charge in [0.1, 0.15) is 0 Å². The number of rotatable bonds is 8. The molecule has 2 aromatic carbocycles. The Morgan fingerprint density at radius 1 is 1.08 bits per heavy atom. The van der Waals surface area contributed by atoms with Crippen LogP contribution in [0, 0.1) is 0 Å². The monoisotopic (exact) mass is 357 g/mol. The van der Waals surface area contributed by atoms with Gasteiger partial charge in [-0.05, 0) is 43.7 Å². The first-order chi connectivity index (χ1) is 12.5. The van der Waals surface area contributed by atoms with E-state index in [0.29, 0.717) is 23.8 Å². The topological polar surface area (TPSA) is 73.9 Å². The Balaban J connectivity index is 2.00. The van der Waals surface area contributed by atoms with E-state index in [1.807, 2.05) is 13.0 Å². The molecule has 0 unspecified atom stereocenters. The summed E-state index contributed by atoms with van der Waals surface area (Å²) in [6.45, 7) is 4.07. The zero-order chi connectivity index (χ0) is 18.9. The summed E-state index contributed by atoms with van der Waals surface area (Å²) in [6, 6.07) is 13.7. The van der Waals surface area contributed by atoms with Gasteiger partial charge in [0.2, 0.25) is 0 Å². The van der Waals surface area contributed by atoms with E-state index in [1.54, 1.807) is 36.4 Å². The lowest BCUT2D eigenvalue weighted by molar-refractivity contribution is -0.123. The van der Waals surface area contributed by atoms with Gasteiger partial charge in [0.15, 0.2) is 17.6 Å². The van der Waals surface area contributed by atoms with Crippen molar-refractivity contribution in [1.29, 1.82) is 0 Å². The minimum absolute atomic E-state index is 0.282. The molecule has 0 saturated carbocycles. The van der Waals surface area contributed by atoms with E-state index >= 15 is 0 Å². The van der Waals surface area contributed by atoms with Crippen molar-refractivity contribution >= 4 is 17.6 Å². The van der Waals surface area contributed by atoms with Gasteiger partial charge in [0.05, 0.1) is 19.3 Å². The molecule has 1 N–H and O–H groups in total. The summed E-state index contributed by atoms with van der Waals surface area (Å²) in [4.78, 5) is 24.4. The average Bonchev–Trinajstić information content (AvgIpc) is 2.66. The fourth-order valence-corrected chi connectivity index (χ4v) is 2.17. The predicted octanol–water partition coefficient (Wildman–Crippen LogP) is 3.67. The SMILES string of the molecule is CCCOc1ccc(C(=O)O[C@H](C)C(=O)Nc2ccccc2)cc1OC. The molecule has 0 aliphatic rings. The number of hydrogen-bond acceptors (Lipinski definition) is 5. The van der Waals surface area contributed by atoms with E-state index in [1.165, 1.54) is 20.1 Å². The van der Waals surface area contributed by atoms with Crippen LogP contribution < -0.4 is 14.8 Å². The van der Waals surface area contributed by atoms with Crippen molar-refractivity contribution in [3.8, 4) is 11.5 Å². The summed E-state index contributed by atoms with van der Waals surface area (Å²) in [6.07, 6.45) is -0.0780. The summed E-state index contributed by atoms with van der Waals surface area (Å²) in [5.41, 5.74) is 0.921. The molecule has 0 spiro atoms. The van der Waals surface area contributed by atoms with Crippen molar-refractivity contribution in [3.63, 3.8) is 0 Å². The van der Waals surface area contributed by atoms with Crippen LogP contribution in [0.4, 0.5) is 5.69 Å². The summed E-state index contributed by atoms with van der Waals surface area (Å²) >= 11 is 0. The highest BCUT2D eigenvalue weighted by Crippen LogP contribution is 2.28. The molecule has 0 aliphatic heterocycles. The predicted molar refractivity (Wildman–Crippen MR) is 98.7 cm³/mol. The van der Waals surface area contributed by atoms with Crippen molar-refractivity contribution < 1.29 is 23.8 Å². The fourth-order valence-electron chi connectivity index (χ4n) is 2.17. The molecule has 0 fully saturated rings. The number of ether oxygens (including phenoxy) is 3. The quantitative estimate of drug-likeness (QED) is 0.730. The molecule has 0 radical (unpaired) electrons. The lowest BCUT2D eigenvalue weighted by Gasteiger charge is -2.15. The zero-order valence-electron chi connectivity index (χ0n) is 15.2. The Morgan fingerprint density at radius 2 is 1.81 bits per heavy atom. The van der Waals surface area contributed by atoms with E-state index in [2.05, 4.69) is 5.32 Å². The molecule has 0 bridgehead atoms. The van der Waals surface area contributed by atoms with E-state index in [4.69, 9.17) is 14.2 Å². The van der Waals surface area contributed by atoms with Gasteiger partial charge in [-0.15, -0.1) is 0 Å². The summed E-state index contributed by atoms with van der Waals surface area (Å²) < 4.78 is 16.1. The first kappa shape index (κ1) is 19.3. The van der Waals surface area contributed by atoms with Gasteiger partial charge in [-0.2, -0.15) is 0 Å². The third kappa shape index (κ3) is 5.24. The van der Waals surface area contributed by atoms with Crippen LogP contribution >= 0.6 is 0 Å². The Hall–Kier alpha value is -3.02. The van der Waals surface area contributed by atoms with Crippen molar-refractivity contribution in [2.24, 2.45) is 0 Å². The number of carbonyl (C=O) groups excluding carboxylic acids is 2. The standard InChI is InChI=1S/C20H23NO5/c1-4-12-25-17-11-10-15(13-18(17)24-3)20(23)26-14(2)19(22)21-16-8-6-5-7-9-16/h5-11,13-14H,4,12H2,1-3H3,(H,21,22)/t14-/m1/s1. The van der Waals surface area contributed by atoms with E-state index in [-0.39, 0.29) is 5.56 Å². The van der Waals surface area contributed by atoms with Crippen LogP contribution in [0.1, 0.15) is 30.6 Å². The highest BCUT2D eigenvalue weighted by atomic mass is 16.5. The molecule has 6 nitrogen and oxygen atoms in total. The number of esters is 1. The summed E-state index contributed by atoms with van der Waals surface area (Å²) in [5.74, 6) is -0.0180. The maximum atomic E-state index is 12.3. The number of nitrogens with one attached hydrogen (secondary N) is 1. The smallest absolute Gasteiger partial charge is 0.339 e. The molecule has 1 amide bonds. The van der Waals surface area contributed by atoms with Gasteiger partial charge in [-0.1, -0.05) is 25.1 Å². The molecule has 0 aromatic heterocycles. The van der Waals surface area contributed by atoms with Crippen LogP contribution in [0.3, 0.4) is 0 Å². The normalized spacial score (nSPS) is 11.3. The van der Waals surface area contributed by atoms with Crippen LogP contribution in [-0.4, -0.2) is 31.7 Å². The van der Waals surface area contributed by atoms with E-state index in [9.17, 15) is 9.59 Å². The number of benzene rings is 2. The third-order valence-corrected chi connectivity index (χ3v) is 3.56. The van der Waals surface area contributed by atoms with Crippen LogP contribution in [0.2, 0.25) is 0 Å². The molecule has 0 aliphatic carbocycles. The van der Waals surface area contributed by atoms with Crippen LogP contribution in [0.25, 0.3) is 0 Å². The molecule has 0 saturated heterocycles. The molecule has 2 rings (SSSR count). The van der Waals surface area contributed by atoms with Crippen LogP contribution in [0.5, 0.6) is 11.5 Å². The van der Waals surface area contributed by atoms with Crippen molar-refractivity contribution in [3.05, 3.63) is 54.1 Å². The Labute approximate surface area is 153 Å². The maximum absolute atomic E-state index is 12.3. The average molecular weight is 357 g/mol. The first-order valence-corrected chi connectivity index (χ1v) is 8.43. The molecular formula is C20H23NO5. The van der Waals surface area contributed by atoms with Gasteiger partial charge >= 0.3 is 5.97 Å². The zero-order valence-corrected chi connectivity index (χ0v) is 15.2. The largest absolute Gasteiger partial charge is 0.493 e. The van der Waals surface area contributed by atoms with Crippen LogP contribution in [0.15, 0.2) is 48.5 Å². The van der Waals surface area contributed by atoms with Crippen LogP contribution in [-0.2, 0) is 9.53 Å². The van der Waals surface area contributed by atoms with E-state index in [0.717, 1.165) is 6.42 Å². The second kappa shape index (κ2) is 9.46. The number of hydrogen-bond donors (Lipinski definition) is 1. The molecular weight excluding hydrogens is 334 g/mol. The lowest BCUT2D eigenvalue weighted by atomic mass is 10.2. The summed E-state index contributed by atoms with van der Waals surface area (Å²) in [7, 11) is 1.50. The Morgan fingerprint density at radius 3 is 2.46 bits per heavy atom. The minimum Gasteiger partial charge on any atom is -0.493 e. The second-order valence-corrected chi connectivity index (χ2v) is 5.62. The molecule has 1 atom stereocenters. The highest BCUT2D eigenvalue weighted by Gasteiger charge is 2.20. The first-order valence-electron chi connectivity index (χ1n) is 8.43. The minimum atomic E-state index is -0.940. The molecule has 2 aromatic rings. The molecule has 6 heteroatoms. The van der Waals surface area contributed by atoms with Gasteiger partial charge < -0.3 is 19.5 Å². The van der Waals surface area contributed by atoms with Gasteiger partial charge in [-0.3, -0.25) is 4.79 Å². The van der Waals surface area contributed by atoms with E-state index < -0.39 is 18.0 Å². The summed E-state index contributed by atoms with van der Waals surface area (Å²) in [5, 5.41) is 2.69. The molecule has 138 valence electrons. The van der Waals surface area contributed by atoms with Crippen molar-refractivity contribution in [2.75, 3.05) is 19.0 Å². The van der Waals surface area contributed by atoms with Crippen molar-refractivity contribution in [1.82, 2.24) is 0 Å². The van der Waals surface area contributed by atoms with Gasteiger partial charge in [0, 0.05) is 5.69 Å². The second-order valence-electron chi connectivity index (χ2n) is 5.62. The maximum Gasteiger partial charge on any atom is 0.339 e. The lowest BCUT2D eigenvalue weighted by Crippen LogP contribution is -2.30. The number of methoxy groups -OCH3 is 1. The third-order valence-electron chi connectivity index (χ3n) is 3.56. The number of carbonyl (C=O) groups is 2. The number of anilines is 1. The molecule has 0 heterocycles. The number of amides is 1. The van der Waals surface area contributed by atoms with Crippen molar-refractivity contribution in [2.45, 2.75) is 26.4 Å². The molecule has 26 heavy (non-hydrogen) atoms. The Bertz CT molecular complexity index is 745.